The van der Waals surface area contributed by atoms with Crippen LogP contribution in [0.25, 0.3) is 15.9 Å². The maximum atomic E-state index is 13.1. The van der Waals surface area contributed by atoms with Gasteiger partial charge in [0.15, 0.2) is 9.99 Å². The molecule has 0 atom stereocenters. The van der Waals surface area contributed by atoms with Gasteiger partial charge < -0.3 is 14.6 Å². The molecule has 11 heteroatoms. The second-order valence-electron chi connectivity index (χ2n) is 7.08. The third-order valence-electron chi connectivity index (χ3n) is 5.33. The molecule has 0 bridgehead atoms. The monoisotopic (exact) mass is 481 g/mol. The van der Waals surface area contributed by atoms with Crippen LogP contribution in [-0.4, -0.2) is 54.4 Å². The maximum Gasteiger partial charge on any atom is 0.279 e. The van der Waals surface area contributed by atoms with Gasteiger partial charge in [0, 0.05) is 30.4 Å². The Morgan fingerprint density at radius 2 is 2.10 bits per heavy atom. The summed E-state index contributed by atoms with van der Waals surface area (Å²) in [7, 11) is -2.32. The number of hydrogen-bond donors (Lipinski definition) is 2. The van der Waals surface area contributed by atoms with E-state index in [1.165, 1.54) is 21.9 Å². The minimum absolute atomic E-state index is 0.0283. The van der Waals surface area contributed by atoms with E-state index in [0.29, 0.717) is 20.7 Å². The van der Waals surface area contributed by atoms with Gasteiger partial charge in [-0.05, 0) is 31.1 Å². The Bertz CT molecular complexity index is 1320. The van der Waals surface area contributed by atoms with Gasteiger partial charge in [0.05, 0.1) is 24.5 Å². The number of hydrogen-bond acceptors (Lipinski definition) is 6. The number of ether oxygens (including phenoxy) is 1. The maximum absolute atomic E-state index is 13.1. The lowest BCUT2D eigenvalue weighted by molar-refractivity contribution is 0.308. The van der Waals surface area contributed by atoms with Gasteiger partial charge in [-0.3, -0.25) is 9.12 Å². The summed E-state index contributed by atoms with van der Waals surface area (Å²) in [5, 5.41) is 0.960. The fourth-order valence-electron chi connectivity index (χ4n) is 3.64. The Balaban J connectivity index is 1.69. The Morgan fingerprint density at radius 1 is 1.32 bits per heavy atom. The molecule has 4 aromatic rings. The summed E-state index contributed by atoms with van der Waals surface area (Å²) in [4.78, 5) is 10.3. The van der Waals surface area contributed by atoms with Crippen molar-refractivity contribution in [2.45, 2.75) is 25.3 Å². The van der Waals surface area contributed by atoms with Gasteiger partial charge in [-0.15, -0.1) is 0 Å². The minimum Gasteiger partial charge on any atom is -0.494 e. The zero-order valence-corrected chi connectivity index (χ0v) is 19.9. The molecule has 0 saturated carbocycles. The first-order valence-electron chi connectivity index (χ1n) is 9.91. The van der Waals surface area contributed by atoms with Crippen molar-refractivity contribution in [3.63, 3.8) is 0 Å². The molecule has 2 N–H and O–H groups in total. The van der Waals surface area contributed by atoms with Crippen molar-refractivity contribution in [1.82, 2.24) is 19.3 Å². The Hall–Kier alpha value is -2.27. The van der Waals surface area contributed by atoms with Gasteiger partial charge in [0.2, 0.25) is 0 Å². The molecule has 0 unspecified atom stereocenters. The number of nitrogens with zero attached hydrogens (tertiary/aromatic N) is 3. The first-order valence-corrected chi connectivity index (χ1v) is 12.6. The number of halogens is 1. The molecule has 0 saturated heterocycles. The standard InChI is InChI=1S/C20H24ClN5O3S2/c1-4-25(5-2)7-6-13-10-22-19-15(13)8-14(9-16(19)29-3)24-31(27,28)18-11-23-20-26(18)12-17(21)30-20/h8-12,22,24H,4-7H2,1-3H3. The highest BCUT2D eigenvalue weighted by atomic mass is 35.5. The fourth-order valence-corrected chi connectivity index (χ4v) is 5.82. The highest BCUT2D eigenvalue weighted by Crippen LogP contribution is 2.33. The van der Waals surface area contributed by atoms with Crippen LogP contribution in [0.3, 0.4) is 0 Å². The van der Waals surface area contributed by atoms with Crippen LogP contribution < -0.4 is 9.46 Å². The van der Waals surface area contributed by atoms with Crippen LogP contribution in [-0.2, 0) is 16.4 Å². The average molecular weight is 482 g/mol. The van der Waals surface area contributed by atoms with E-state index >= 15 is 0 Å². The fraction of sp³-hybridized carbons (Fsp3) is 0.350. The summed E-state index contributed by atoms with van der Waals surface area (Å²) in [5.41, 5.74) is 2.37. The van der Waals surface area contributed by atoms with Gasteiger partial charge >= 0.3 is 0 Å². The van der Waals surface area contributed by atoms with Gasteiger partial charge in [-0.25, -0.2) is 4.98 Å². The number of aromatic nitrogens is 3. The molecule has 166 valence electrons. The number of rotatable bonds is 9. The minimum atomic E-state index is -3.88. The van der Waals surface area contributed by atoms with E-state index in [1.807, 2.05) is 12.3 Å². The lowest BCUT2D eigenvalue weighted by atomic mass is 10.1. The second kappa shape index (κ2) is 8.70. The van der Waals surface area contributed by atoms with Gasteiger partial charge in [-0.2, -0.15) is 8.42 Å². The number of imidazole rings is 1. The van der Waals surface area contributed by atoms with Crippen LogP contribution in [0.15, 0.2) is 35.7 Å². The molecule has 0 amide bonds. The smallest absolute Gasteiger partial charge is 0.279 e. The topological polar surface area (TPSA) is 91.7 Å². The number of nitrogens with one attached hydrogen (secondary N) is 2. The number of sulfonamides is 1. The number of thiazole rings is 1. The SMILES string of the molecule is CCN(CC)CCc1c[nH]c2c(OC)cc(NS(=O)(=O)c3cnc4sc(Cl)cn34)cc12. The number of aromatic amines is 1. The molecule has 0 fully saturated rings. The summed E-state index contributed by atoms with van der Waals surface area (Å²) in [6.07, 6.45) is 5.68. The number of likely N-dealkylation sites (N-methyl/N-ethyl adjacent to an activating group) is 1. The zero-order chi connectivity index (χ0) is 22.2. The van der Waals surface area contributed by atoms with Gasteiger partial charge in [0.1, 0.15) is 10.1 Å². The summed E-state index contributed by atoms with van der Waals surface area (Å²) in [6.45, 7) is 7.18. The summed E-state index contributed by atoms with van der Waals surface area (Å²) in [6, 6.07) is 3.51. The molecule has 0 spiro atoms. The Labute approximate surface area is 189 Å². The number of H-pyrrole nitrogens is 1. The predicted molar refractivity (Wildman–Crippen MR) is 125 cm³/mol. The molecule has 0 radical (unpaired) electrons. The first-order chi connectivity index (χ1) is 14.9. The van der Waals surface area contributed by atoms with Gasteiger partial charge in [0.25, 0.3) is 10.0 Å². The first kappa shape index (κ1) is 21.9. The van der Waals surface area contributed by atoms with Crippen molar-refractivity contribution in [2.24, 2.45) is 0 Å². The highest BCUT2D eigenvalue weighted by Gasteiger charge is 2.22. The Morgan fingerprint density at radius 3 is 2.81 bits per heavy atom. The molecule has 0 aliphatic rings. The van der Waals surface area contributed by atoms with Crippen molar-refractivity contribution in [3.05, 3.63) is 40.6 Å². The Kier molecular flexibility index (Phi) is 6.16. The van der Waals surface area contributed by atoms with Crippen LogP contribution in [0.5, 0.6) is 5.75 Å². The molecular weight excluding hydrogens is 458 g/mol. The quantitative estimate of drug-likeness (QED) is 0.373. The summed E-state index contributed by atoms with van der Waals surface area (Å²) in [5.74, 6) is 0.571. The molecule has 8 nitrogen and oxygen atoms in total. The van der Waals surface area contributed by atoms with Crippen molar-refractivity contribution in [3.8, 4) is 5.75 Å². The van der Waals surface area contributed by atoms with E-state index in [1.54, 1.807) is 19.4 Å². The summed E-state index contributed by atoms with van der Waals surface area (Å²) < 4.78 is 36.3. The summed E-state index contributed by atoms with van der Waals surface area (Å²) >= 11 is 7.22. The van der Waals surface area contributed by atoms with Crippen LogP contribution in [0, 0.1) is 0 Å². The normalized spacial score (nSPS) is 12.3. The van der Waals surface area contributed by atoms with Crippen molar-refractivity contribution in [1.29, 1.82) is 0 Å². The van der Waals surface area contributed by atoms with Crippen LogP contribution in [0.4, 0.5) is 5.69 Å². The number of methoxy groups -OCH3 is 1. The van der Waals surface area contributed by atoms with E-state index < -0.39 is 10.0 Å². The average Bonchev–Trinajstić information content (AvgIpc) is 3.41. The molecule has 31 heavy (non-hydrogen) atoms. The third kappa shape index (κ3) is 4.25. The predicted octanol–water partition coefficient (Wildman–Crippen LogP) is 4.22. The molecule has 1 aromatic carbocycles. The van der Waals surface area contributed by atoms with E-state index in [2.05, 4.69) is 33.4 Å². The molecule has 0 aliphatic carbocycles. The van der Waals surface area contributed by atoms with Crippen LogP contribution >= 0.6 is 22.9 Å². The van der Waals surface area contributed by atoms with E-state index in [9.17, 15) is 8.42 Å². The van der Waals surface area contributed by atoms with Crippen molar-refractivity contribution < 1.29 is 13.2 Å². The lowest BCUT2D eigenvalue weighted by Gasteiger charge is -2.17. The highest BCUT2D eigenvalue weighted by molar-refractivity contribution is 7.92. The largest absolute Gasteiger partial charge is 0.494 e. The zero-order valence-electron chi connectivity index (χ0n) is 17.5. The molecule has 3 aromatic heterocycles. The molecule has 4 rings (SSSR count). The van der Waals surface area contributed by atoms with E-state index in [4.69, 9.17) is 16.3 Å². The molecular formula is C20H24ClN5O3S2. The molecule has 0 aliphatic heterocycles. The van der Waals surface area contributed by atoms with Crippen LogP contribution in [0.1, 0.15) is 19.4 Å². The van der Waals surface area contributed by atoms with Gasteiger partial charge in [-0.1, -0.05) is 36.8 Å². The number of benzene rings is 1. The number of anilines is 1. The van der Waals surface area contributed by atoms with Crippen LogP contribution in [0.2, 0.25) is 4.34 Å². The van der Waals surface area contributed by atoms with E-state index in [0.717, 1.165) is 42.5 Å². The second-order valence-corrected chi connectivity index (χ2v) is 10.4. The van der Waals surface area contributed by atoms with E-state index in [-0.39, 0.29) is 5.03 Å². The number of fused-ring (bicyclic) bond motifs is 2. The lowest BCUT2D eigenvalue weighted by Crippen LogP contribution is -2.25. The van der Waals surface area contributed by atoms with Crippen molar-refractivity contribution in [2.75, 3.05) is 31.5 Å². The van der Waals surface area contributed by atoms with Crippen molar-refractivity contribution >= 4 is 54.5 Å². The molecule has 3 heterocycles. The third-order valence-corrected chi connectivity index (χ3v) is 7.80.